The number of amides is 3. The van der Waals surface area contributed by atoms with Crippen molar-refractivity contribution in [1.82, 2.24) is 4.90 Å². The van der Waals surface area contributed by atoms with Crippen LogP contribution in [0.2, 0.25) is 0 Å². The third-order valence-corrected chi connectivity index (χ3v) is 7.48. The number of hydrogen-bond donors (Lipinski definition) is 2. The minimum absolute atomic E-state index is 0.0347. The Balaban J connectivity index is 1.41. The first-order valence-electron chi connectivity index (χ1n) is 11.9. The van der Waals surface area contributed by atoms with Crippen molar-refractivity contribution in [2.24, 2.45) is 5.92 Å². The highest BCUT2D eigenvalue weighted by atomic mass is 16.5. The Kier molecular flexibility index (Phi) is 5.98. The van der Waals surface area contributed by atoms with Crippen molar-refractivity contribution in [1.29, 1.82) is 0 Å². The van der Waals surface area contributed by atoms with Gasteiger partial charge in [0.05, 0.1) is 25.8 Å². The lowest BCUT2D eigenvalue weighted by atomic mass is 9.71. The van der Waals surface area contributed by atoms with E-state index in [2.05, 4.69) is 5.32 Å². The van der Waals surface area contributed by atoms with E-state index in [1.807, 2.05) is 29.2 Å². The number of anilines is 2. The standard InChI is InChI=1S/C26H31N3O4/c1-33-19-13-11-18(12-14-19)27-26(32)28-15-22-24(20-9-5-6-10-21(20)28)23(16-30)29(22)25(31)17-7-3-2-4-8-17/h5-6,9-14,17,22-24,30H,2-4,7-8,15-16H2,1H3,(H,27,32)/t22-,23-,24+/m0/s1. The fourth-order valence-corrected chi connectivity index (χ4v) is 5.81. The number of para-hydroxylation sites is 1. The minimum atomic E-state index is -0.233. The number of urea groups is 1. The third-order valence-electron chi connectivity index (χ3n) is 7.48. The number of aliphatic hydroxyl groups excluding tert-OH is 1. The molecule has 1 aliphatic carbocycles. The molecule has 33 heavy (non-hydrogen) atoms. The number of methoxy groups -OCH3 is 1. The predicted molar refractivity (Wildman–Crippen MR) is 127 cm³/mol. The molecule has 7 nitrogen and oxygen atoms in total. The van der Waals surface area contributed by atoms with Gasteiger partial charge in [0.2, 0.25) is 5.91 Å². The summed E-state index contributed by atoms with van der Waals surface area (Å²) in [6.07, 6.45) is 5.20. The lowest BCUT2D eigenvalue weighted by Gasteiger charge is -2.59. The Morgan fingerprint density at radius 2 is 1.79 bits per heavy atom. The maximum atomic E-state index is 13.4. The Morgan fingerprint density at radius 1 is 1.06 bits per heavy atom. The van der Waals surface area contributed by atoms with Crippen molar-refractivity contribution in [3.63, 3.8) is 0 Å². The van der Waals surface area contributed by atoms with Gasteiger partial charge in [0.15, 0.2) is 0 Å². The number of ether oxygens (including phenoxy) is 1. The first kappa shape index (κ1) is 21.8. The molecule has 1 saturated carbocycles. The van der Waals surface area contributed by atoms with Crippen molar-refractivity contribution in [2.45, 2.75) is 50.1 Å². The smallest absolute Gasteiger partial charge is 0.326 e. The Hall–Kier alpha value is -3.06. The van der Waals surface area contributed by atoms with Crippen molar-refractivity contribution in [2.75, 3.05) is 30.5 Å². The van der Waals surface area contributed by atoms with E-state index in [1.165, 1.54) is 6.42 Å². The molecule has 3 atom stereocenters. The number of benzene rings is 2. The fraction of sp³-hybridized carbons (Fsp3) is 0.462. The van der Waals surface area contributed by atoms with Gasteiger partial charge in [-0.15, -0.1) is 0 Å². The molecule has 2 N–H and O–H groups in total. The molecule has 5 rings (SSSR count). The summed E-state index contributed by atoms with van der Waals surface area (Å²) in [5.41, 5.74) is 2.54. The molecule has 2 fully saturated rings. The number of fused-ring (bicyclic) bond motifs is 3. The van der Waals surface area contributed by atoms with Crippen molar-refractivity contribution in [3.8, 4) is 5.75 Å². The number of rotatable bonds is 4. The first-order chi connectivity index (χ1) is 16.1. The molecule has 0 bridgehead atoms. The maximum Gasteiger partial charge on any atom is 0.326 e. The molecule has 2 aliphatic heterocycles. The van der Waals surface area contributed by atoms with E-state index in [1.54, 1.807) is 36.3 Å². The lowest BCUT2D eigenvalue weighted by molar-refractivity contribution is -0.156. The van der Waals surface area contributed by atoms with Crippen LogP contribution >= 0.6 is 0 Å². The molecule has 1 saturated heterocycles. The zero-order valence-corrected chi connectivity index (χ0v) is 18.9. The van der Waals surface area contributed by atoms with E-state index >= 15 is 0 Å². The number of nitrogens with zero attached hydrogens (tertiary/aromatic N) is 2. The Morgan fingerprint density at radius 3 is 2.48 bits per heavy atom. The average Bonchev–Trinajstić information content (AvgIpc) is 2.85. The molecule has 2 heterocycles. The first-order valence-corrected chi connectivity index (χ1v) is 11.9. The van der Waals surface area contributed by atoms with Crippen LogP contribution in [0.15, 0.2) is 48.5 Å². The molecule has 3 amide bonds. The summed E-state index contributed by atoms with van der Waals surface area (Å²) >= 11 is 0. The van der Waals surface area contributed by atoms with Crippen LogP contribution in [-0.4, -0.2) is 54.3 Å². The molecule has 0 aromatic heterocycles. The highest BCUT2D eigenvalue weighted by Crippen LogP contribution is 2.49. The predicted octanol–water partition coefficient (Wildman–Crippen LogP) is 3.98. The van der Waals surface area contributed by atoms with Crippen LogP contribution in [0.25, 0.3) is 0 Å². The van der Waals surface area contributed by atoms with E-state index < -0.39 is 0 Å². The number of carbonyl (C=O) groups is 2. The second-order valence-electron chi connectivity index (χ2n) is 9.25. The van der Waals surface area contributed by atoms with Gasteiger partial charge in [-0.2, -0.15) is 0 Å². The summed E-state index contributed by atoms with van der Waals surface area (Å²) in [5.74, 6) is 0.946. The summed E-state index contributed by atoms with van der Waals surface area (Å²) in [4.78, 5) is 30.4. The van der Waals surface area contributed by atoms with E-state index in [4.69, 9.17) is 4.74 Å². The summed E-state index contributed by atoms with van der Waals surface area (Å²) in [7, 11) is 1.60. The molecule has 2 aromatic rings. The second kappa shape index (κ2) is 9.06. The molecule has 3 aliphatic rings. The fourth-order valence-electron chi connectivity index (χ4n) is 5.81. The molecule has 0 unspecified atom stereocenters. The van der Waals surface area contributed by atoms with Crippen LogP contribution in [0.3, 0.4) is 0 Å². The number of carbonyl (C=O) groups excluding carboxylic acids is 2. The summed E-state index contributed by atoms with van der Waals surface area (Å²) in [6.45, 7) is 0.352. The van der Waals surface area contributed by atoms with Crippen molar-refractivity contribution >= 4 is 23.3 Å². The van der Waals surface area contributed by atoms with Crippen LogP contribution in [0.1, 0.15) is 43.6 Å². The maximum absolute atomic E-state index is 13.4. The number of aliphatic hydroxyl groups is 1. The van der Waals surface area contributed by atoms with Gasteiger partial charge in [-0.1, -0.05) is 37.5 Å². The highest BCUT2D eigenvalue weighted by molar-refractivity contribution is 6.03. The van der Waals surface area contributed by atoms with Crippen molar-refractivity contribution < 1.29 is 19.4 Å². The van der Waals surface area contributed by atoms with Crippen LogP contribution in [0.5, 0.6) is 5.75 Å². The molecular weight excluding hydrogens is 418 g/mol. The van der Waals surface area contributed by atoms with Gasteiger partial charge in [-0.05, 0) is 48.7 Å². The average molecular weight is 450 g/mol. The number of nitrogens with one attached hydrogen (secondary N) is 1. The second-order valence-corrected chi connectivity index (χ2v) is 9.25. The van der Waals surface area contributed by atoms with Gasteiger partial charge in [-0.3, -0.25) is 9.69 Å². The lowest BCUT2D eigenvalue weighted by Crippen LogP contribution is -2.71. The molecular formula is C26H31N3O4. The van der Waals surface area contributed by atoms with Crippen LogP contribution in [0.4, 0.5) is 16.2 Å². The van der Waals surface area contributed by atoms with Gasteiger partial charge < -0.3 is 20.1 Å². The SMILES string of the molecule is COc1ccc(NC(=O)N2C[C@H]3[C@@H](c4ccccc42)[C@H](CO)N3C(=O)C2CCCCC2)cc1. The summed E-state index contributed by atoms with van der Waals surface area (Å²) in [5, 5.41) is 13.2. The van der Waals surface area contributed by atoms with E-state index in [9.17, 15) is 14.7 Å². The Labute approximate surface area is 194 Å². The Bertz CT molecular complexity index is 1020. The van der Waals surface area contributed by atoms with Crippen LogP contribution in [0, 0.1) is 5.92 Å². The zero-order chi connectivity index (χ0) is 22.9. The van der Waals surface area contributed by atoms with Gasteiger partial charge in [0.25, 0.3) is 0 Å². The number of hydrogen-bond acceptors (Lipinski definition) is 4. The summed E-state index contributed by atoms with van der Waals surface area (Å²) < 4.78 is 5.19. The largest absolute Gasteiger partial charge is 0.497 e. The topological polar surface area (TPSA) is 82.1 Å². The molecule has 174 valence electrons. The van der Waals surface area contributed by atoms with Gasteiger partial charge in [0.1, 0.15) is 5.75 Å². The van der Waals surface area contributed by atoms with E-state index in [0.29, 0.717) is 12.2 Å². The zero-order valence-electron chi connectivity index (χ0n) is 18.9. The van der Waals surface area contributed by atoms with E-state index in [0.717, 1.165) is 42.7 Å². The van der Waals surface area contributed by atoms with Crippen LogP contribution in [-0.2, 0) is 4.79 Å². The monoisotopic (exact) mass is 449 g/mol. The van der Waals surface area contributed by atoms with Crippen LogP contribution < -0.4 is 15.0 Å². The molecule has 2 aromatic carbocycles. The molecule has 7 heteroatoms. The normalized spacial score (nSPS) is 24.4. The third kappa shape index (κ3) is 3.84. The highest BCUT2D eigenvalue weighted by Gasteiger charge is 2.56. The molecule has 0 spiro atoms. The van der Waals surface area contributed by atoms with Gasteiger partial charge >= 0.3 is 6.03 Å². The summed E-state index contributed by atoms with van der Waals surface area (Å²) in [6, 6.07) is 14.5. The van der Waals surface area contributed by atoms with Gasteiger partial charge in [-0.25, -0.2) is 4.79 Å². The van der Waals surface area contributed by atoms with Crippen molar-refractivity contribution in [3.05, 3.63) is 54.1 Å². The number of likely N-dealkylation sites (tertiary alicyclic amines) is 1. The quantitative estimate of drug-likeness (QED) is 0.740. The molecule has 0 radical (unpaired) electrons. The van der Waals surface area contributed by atoms with E-state index in [-0.39, 0.29) is 42.5 Å². The minimum Gasteiger partial charge on any atom is -0.497 e. The van der Waals surface area contributed by atoms with Gasteiger partial charge in [0, 0.05) is 29.8 Å².